The van der Waals surface area contributed by atoms with Gasteiger partial charge in [-0.15, -0.1) is 23.2 Å². The van der Waals surface area contributed by atoms with Crippen molar-refractivity contribution in [3.63, 3.8) is 0 Å². The van der Waals surface area contributed by atoms with Gasteiger partial charge in [-0.1, -0.05) is 237 Å². The number of benzene rings is 4. The van der Waals surface area contributed by atoms with Crippen LogP contribution >= 0.6 is 23.2 Å². The Balaban J connectivity index is 0.000000291. The summed E-state index contributed by atoms with van der Waals surface area (Å²) in [6.45, 7) is 19.2. The Morgan fingerprint density at radius 2 is 0.620 bits per heavy atom. The van der Waals surface area contributed by atoms with E-state index in [0.29, 0.717) is 25.0 Å². The molecule has 0 amide bonds. The van der Waals surface area contributed by atoms with Gasteiger partial charge in [-0.2, -0.15) is 0 Å². The van der Waals surface area contributed by atoms with Crippen molar-refractivity contribution >= 4 is 23.2 Å². The highest BCUT2D eigenvalue weighted by Gasteiger charge is 2.17. The molecule has 6 nitrogen and oxygen atoms in total. The summed E-state index contributed by atoms with van der Waals surface area (Å²) in [5, 5.41) is 0.0572. The van der Waals surface area contributed by atoms with E-state index in [9.17, 15) is 0 Å². The molecule has 0 bridgehead atoms. The number of halogens is 2. The minimum atomic E-state index is 0.0285. The molecule has 430 valence electrons. The molecule has 8 heteroatoms. The summed E-state index contributed by atoms with van der Waals surface area (Å²) in [5.41, 5.74) is 9.18. The molecule has 4 unspecified atom stereocenters. The third-order valence-corrected chi connectivity index (χ3v) is 16.5. The Morgan fingerprint density at radius 3 is 0.924 bits per heavy atom. The fourth-order valence-electron chi connectivity index (χ4n) is 9.86. The summed E-state index contributed by atoms with van der Waals surface area (Å²) >= 11 is 13.2. The quantitative estimate of drug-likeness (QED) is 0.0286. The first-order valence-corrected chi connectivity index (χ1v) is 31.9. The number of hydrogen-bond donors (Lipinski definition) is 0. The number of ether oxygens (including phenoxy) is 2. The van der Waals surface area contributed by atoms with E-state index in [-0.39, 0.29) is 10.8 Å². The Kier molecular flexibility index (Phi) is 31.3. The van der Waals surface area contributed by atoms with E-state index in [4.69, 9.17) is 32.7 Å². The van der Waals surface area contributed by atoms with Crippen molar-refractivity contribution < 1.29 is 9.47 Å². The van der Waals surface area contributed by atoms with Gasteiger partial charge < -0.3 is 9.47 Å². The Hall–Kier alpha value is -4.78. The van der Waals surface area contributed by atoms with E-state index < -0.39 is 0 Å². The second-order valence-electron chi connectivity index (χ2n) is 23.4. The maximum atomic E-state index is 6.61. The summed E-state index contributed by atoms with van der Waals surface area (Å²) in [6, 6.07) is 33.5. The highest BCUT2D eigenvalue weighted by atomic mass is 35.5. The van der Waals surface area contributed by atoms with Crippen LogP contribution in [-0.2, 0) is 12.8 Å². The molecule has 4 atom stereocenters. The van der Waals surface area contributed by atoms with E-state index in [1.807, 2.05) is 49.1 Å². The van der Waals surface area contributed by atoms with Gasteiger partial charge in [0.05, 0.1) is 10.8 Å². The summed E-state index contributed by atoms with van der Waals surface area (Å²) < 4.78 is 12.0. The molecular weight excluding hydrogens is 1010 g/mol. The smallest absolute Gasteiger partial charge is 0.159 e. The monoisotopic (exact) mass is 1110 g/mol. The van der Waals surface area contributed by atoms with Crippen LogP contribution < -0.4 is 9.47 Å². The molecule has 6 aromatic rings. The van der Waals surface area contributed by atoms with Crippen molar-refractivity contribution in [3.05, 3.63) is 133 Å². The molecule has 2 aromatic heterocycles. The lowest BCUT2D eigenvalue weighted by atomic mass is 9.97. The minimum absolute atomic E-state index is 0.0285. The molecular formula is C71H100Cl2N4O2. The zero-order chi connectivity index (χ0) is 56.5. The molecule has 6 rings (SSSR count). The van der Waals surface area contributed by atoms with Crippen LogP contribution in [0.25, 0.3) is 45.0 Å². The molecule has 0 saturated heterocycles. The molecule has 0 spiro atoms. The van der Waals surface area contributed by atoms with Gasteiger partial charge in [0.1, 0.15) is 24.7 Å². The first-order chi connectivity index (χ1) is 38.4. The normalized spacial score (nSPS) is 13.0. The zero-order valence-electron chi connectivity index (χ0n) is 50.1. The fraction of sp³-hybridized carbons (Fsp3) is 0.549. The highest BCUT2D eigenvalue weighted by molar-refractivity contribution is 6.21. The van der Waals surface area contributed by atoms with Crippen LogP contribution in [0, 0.1) is 23.7 Å². The van der Waals surface area contributed by atoms with Crippen molar-refractivity contribution in [2.45, 2.75) is 214 Å². The van der Waals surface area contributed by atoms with Crippen molar-refractivity contribution in [1.29, 1.82) is 0 Å². The number of aromatic nitrogens is 4. The largest absolute Gasteiger partial charge is 0.492 e. The maximum Gasteiger partial charge on any atom is 0.159 e. The Labute approximate surface area is 490 Å². The van der Waals surface area contributed by atoms with Gasteiger partial charge in [0.2, 0.25) is 0 Å². The molecule has 0 aliphatic rings. The van der Waals surface area contributed by atoms with Gasteiger partial charge in [0.25, 0.3) is 0 Å². The first kappa shape index (κ1) is 65.0. The summed E-state index contributed by atoms with van der Waals surface area (Å²) in [5.74, 6) is 5.69. The number of unbranched alkanes of at least 4 members (excludes halogenated alkanes) is 13. The number of hydrogen-bond acceptors (Lipinski definition) is 6. The van der Waals surface area contributed by atoms with E-state index in [1.165, 1.54) is 133 Å². The lowest BCUT2D eigenvalue weighted by Gasteiger charge is -2.19. The van der Waals surface area contributed by atoms with Gasteiger partial charge in [-0.25, -0.2) is 19.9 Å². The minimum Gasteiger partial charge on any atom is -0.492 e. The lowest BCUT2D eigenvalue weighted by molar-refractivity contribution is 0.280. The topological polar surface area (TPSA) is 70.0 Å². The van der Waals surface area contributed by atoms with Crippen molar-refractivity contribution in [2.24, 2.45) is 23.7 Å². The summed E-state index contributed by atoms with van der Waals surface area (Å²) in [6.07, 6.45) is 37.4. The molecule has 0 radical (unpaired) electrons. The van der Waals surface area contributed by atoms with Crippen molar-refractivity contribution in [1.82, 2.24) is 19.9 Å². The van der Waals surface area contributed by atoms with E-state index in [2.05, 4.69) is 148 Å². The number of alkyl halides is 2. The number of nitrogens with zero attached hydrogens (tertiary/aromatic N) is 4. The van der Waals surface area contributed by atoms with Crippen LogP contribution in [0.3, 0.4) is 0 Å². The molecule has 0 aliphatic heterocycles. The Bertz CT molecular complexity index is 2460. The Morgan fingerprint density at radius 1 is 0.342 bits per heavy atom. The average molecular weight is 1110 g/mol. The lowest BCUT2D eigenvalue weighted by Crippen LogP contribution is -2.20. The van der Waals surface area contributed by atoms with Crippen LogP contribution in [0.2, 0.25) is 0 Å². The number of rotatable bonds is 37. The van der Waals surface area contributed by atoms with Crippen molar-refractivity contribution in [2.75, 3.05) is 13.2 Å². The predicted molar refractivity (Wildman–Crippen MR) is 340 cm³/mol. The van der Waals surface area contributed by atoms with Gasteiger partial charge in [-0.3, -0.25) is 0 Å². The summed E-state index contributed by atoms with van der Waals surface area (Å²) in [7, 11) is 0. The van der Waals surface area contributed by atoms with Gasteiger partial charge in [-0.05, 0) is 120 Å². The second kappa shape index (κ2) is 38.0. The standard InChI is InChI=1S/C36H51ClN2O.C35H49ClN2O/c1-5-6-7-8-9-10-11-12-16-30-25-38-36(39-26-30)33-19-17-31(18-20-33)32-21-23-34(24-22-32)40-27-35(37)29(4)15-13-14-28(2)3;1-5-6-7-8-9-10-11-15-29-24-37-35(38-25-29)32-18-16-30(17-19-32)31-20-22-33(23-21-31)39-26-34(36)28(4)14-12-13-27(2)3/h17-26,28-29,35H,5-16,27H2,1-4H3;16-25,27-28,34H,5-15,26H2,1-4H3. The maximum absolute atomic E-state index is 6.61. The van der Waals surface area contributed by atoms with Crippen LogP contribution in [-0.4, -0.2) is 43.9 Å². The van der Waals surface area contributed by atoms with Crippen LogP contribution in [0.5, 0.6) is 11.5 Å². The van der Waals surface area contributed by atoms with Gasteiger partial charge in [0.15, 0.2) is 11.6 Å². The van der Waals surface area contributed by atoms with Gasteiger partial charge in [0, 0.05) is 35.9 Å². The molecule has 79 heavy (non-hydrogen) atoms. The van der Waals surface area contributed by atoms with E-state index in [0.717, 1.165) is 94.0 Å². The average Bonchev–Trinajstić information content (AvgIpc) is 3.49. The first-order valence-electron chi connectivity index (χ1n) is 31.0. The molecule has 0 N–H and O–H groups in total. The van der Waals surface area contributed by atoms with Crippen LogP contribution in [0.1, 0.15) is 201 Å². The molecule has 2 heterocycles. The second-order valence-corrected chi connectivity index (χ2v) is 24.5. The molecule has 4 aromatic carbocycles. The van der Waals surface area contributed by atoms with E-state index in [1.54, 1.807) is 0 Å². The molecule has 0 aliphatic carbocycles. The molecule has 0 saturated carbocycles. The van der Waals surface area contributed by atoms with Gasteiger partial charge >= 0.3 is 0 Å². The summed E-state index contributed by atoms with van der Waals surface area (Å²) in [4.78, 5) is 18.6. The molecule has 0 fully saturated rings. The van der Waals surface area contributed by atoms with Crippen molar-refractivity contribution in [3.8, 4) is 56.5 Å². The fourth-order valence-corrected chi connectivity index (χ4v) is 10.2. The third-order valence-electron chi connectivity index (χ3n) is 15.4. The SMILES string of the molecule is CCCCCCCCCCc1cnc(-c2ccc(-c3ccc(OCC(Cl)C(C)CCCC(C)C)cc3)cc2)nc1.CCCCCCCCCc1cnc(-c2ccc(-c3ccc(OCC(Cl)C(C)CCCC(C)C)cc3)cc2)nc1. The highest BCUT2D eigenvalue weighted by Crippen LogP contribution is 2.29. The van der Waals surface area contributed by atoms with Crippen LogP contribution in [0.4, 0.5) is 0 Å². The van der Waals surface area contributed by atoms with E-state index >= 15 is 0 Å². The zero-order valence-corrected chi connectivity index (χ0v) is 51.6. The third kappa shape index (κ3) is 25.7. The predicted octanol–water partition coefficient (Wildman–Crippen LogP) is 21.5. The van der Waals surface area contributed by atoms with Crippen LogP contribution in [0.15, 0.2) is 122 Å². The number of aryl methyl sites for hydroxylation is 2.